The second-order valence-corrected chi connectivity index (χ2v) is 4.75. The highest BCUT2D eigenvalue weighted by Gasteiger charge is 2.14. The molecule has 0 aliphatic rings. The molecule has 0 aliphatic carbocycles. The van der Waals surface area contributed by atoms with Crippen molar-refractivity contribution in [2.24, 2.45) is 0 Å². The number of nitrogens with two attached hydrogens (primary N) is 1. The summed E-state index contributed by atoms with van der Waals surface area (Å²) >= 11 is 6.93. The molecule has 2 rings (SSSR count). The summed E-state index contributed by atoms with van der Waals surface area (Å²) in [6.07, 6.45) is 1.52. The molecule has 2 aromatic heterocycles. The molecule has 0 saturated heterocycles. The van der Waals surface area contributed by atoms with E-state index in [-0.39, 0.29) is 5.91 Å². The second-order valence-electron chi connectivity index (χ2n) is 3.28. The molecular formula is C10H9ClN4OS. The number of halogens is 1. The number of aromatic nitrogens is 2. The standard InChI is InChI=1S/C10H9ClN4OS/c1-5-8(17-10(12)14-5)9(16)15-7-4-6(11)2-3-13-7/h2-4H,1H3,(H2,12,14)(H,13,15,16). The Labute approximate surface area is 107 Å². The minimum Gasteiger partial charge on any atom is -0.375 e. The summed E-state index contributed by atoms with van der Waals surface area (Å²) in [4.78, 5) is 20.3. The zero-order chi connectivity index (χ0) is 12.4. The van der Waals surface area contributed by atoms with Crippen LogP contribution in [0.3, 0.4) is 0 Å². The lowest BCUT2D eigenvalue weighted by Crippen LogP contribution is -2.12. The van der Waals surface area contributed by atoms with Crippen LogP contribution in [0.25, 0.3) is 0 Å². The molecule has 17 heavy (non-hydrogen) atoms. The lowest BCUT2D eigenvalue weighted by molar-refractivity contribution is 0.102. The number of aryl methyl sites for hydroxylation is 1. The lowest BCUT2D eigenvalue weighted by atomic mass is 10.3. The van der Waals surface area contributed by atoms with Crippen LogP contribution in [0.1, 0.15) is 15.4 Å². The van der Waals surface area contributed by atoms with Crippen LogP contribution in [-0.2, 0) is 0 Å². The molecule has 0 spiro atoms. The Kier molecular flexibility index (Phi) is 3.26. The number of carbonyl (C=O) groups excluding carboxylic acids is 1. The van der Waals surface area contributed by atoms with E-state index in [9.17, 15) is 4.79 Å². The van der Waals surface area contributed by atoms with Gasteiger partial charge in [0.05, 0.1) is 5.69 Å². The molecule has 88 valence electrons. The Morgan fingerprint density at radius 2 is 2.35 bits per heavy atom. The van der Waals surface area contributed by atoms with Crippen molar-refractivity contribution < 1.29 is 4.79 Å². The van der Waals surface area contributed by atoms with E-state index in [2.05, 4.69) is 15.3 Å². The van der Waals surface area contributed by atoms with Gasteiger partial charge in [0.25, 0.3) is 5.91 Å². The molecular weight excluding hydrogens is 260 g/mol. The molecule has 7 heteroatoms. The summed E-state index contributed by atoms with van der Waals surface area (Å²) in [7, 11) is 0. The largest absolute Gasteiger partial charge is 0.375 e. The number of hydrogen-bond acceptors (Lipinski definition) is 5. The molecule has 5 nitrogen and oxygen atoms in total. The maximum Gasteiger partial charge on any atom is 0.268 e. The summed E-state index contributed by atoms with van der Waals surface area (Å²) in [6.45, 7) is 1.73. The van der Waals surface area contributed by atoms with Gasteiger partial charge in [0, 0.05) is 11.2 Å². The normalized spacial score (nSPS) is 10.2. The first-order chi connectivity index (χ1) is 8.06. The van der Waals surface area contributed by atoms with E-state index in [1.54, 1.807) is 19.1 Å². The first kappa shape index (κ1) is 11.8. The molecule has 0 atom stereocenters. The van der Waals surface area contributed by atoms with Crippen LogP contribution < -0.4 is 11.1 Å². The van der Waals surface area contributed by atoms with Gasteiger partial charge >= 0.3 is 0 Å². The Bertz CT molecular complexity index is 569. The molecule has 2 aromatic rings. The van der Waals surface area contributed by atoms with Gasteiger partial charge in [0.15, 0.2) is 5.13 Å². The van der Waals surface area contributed by atoms with E-state index in [0.717, 1.165) is 11.3 Å². The average Bonchev–Trinajstić information content (AvgIpc) is 2.58. The van der Waals surface area contributed by atoms with Crippen molar-refractivity contribution >= 4 is 39.8 Å². The zero-order valence-electron chi connectivity index (χ0n) is 8.90. The SMILES string of the molecule is Cc1nc(N)sc1C(=O)Nc1cc(Cl)ccn1. The third-order valence-electron chi connectivity index (χ3n) is 1.98. The fraction of sp³-hybridized carbons (Fsp3) is 0.100. The van der Waals surface area contributed by atoms with Crippen molar-refractivity contribution in [3.05, 3.63) is 33.9 Å². The number of nitrogens with zero attached hydrogens (tertiary/aromatic N) is 2. The highest BCUT2D eigenvalue weighted by atomic mass is 35.5. The van der Waals surface area contributed by atoms with E-state index in [0.29, 0.717) is 26.5 Å². The van der Waals surface area contributed by atoms with E-state index >= 15 is 0 Å². The van der Waals surface area contributed by atoms with Crippen LogP contribution in [0, 0.1) is 6.92 Å². The number of rotatable bonds is 2. The maximum atomic E-state index is 11.9. The van der Waals surface area contributed by atoms with E-state index in [1.807, 2.05) is 0 Å². The summed E-state index contributed by atoms with van der Waals surface area (Å²) in [6, 6.07) is 3.20. The van der Waals surface area contributed by atoms with Crippen LogP contribution in [0.4, 0.5) is 10.9 Å². The predicted molar refractivity (Wildman–Crippen MR) is 68.5 cm³/mol. The first-order valence-corrected chi connectivity index (χ1v) is 5.91. The van der Waals surface area contributed by atoms with Crippen molar-refractivity contribution in [3.8, 4) is 0 Å². The summed E-state index contributed by atoms with van der Waals surface area (Å²) in [5, 5.41) is 3.51. The number of nitrogens with one attached hydrogen (secondary N) is 1. The number of amides is 1. The number of pyridine rings is 1. The maximum absolute atomic E-state index is 11.9. The van der Waals surface area contributed by atoms with Gasteiger partial charge in [0.1, 0.15) is 10.7 Å². The summed E-state index contributed by atoms with van der Waals surface area (Å²) in [5.74, 6) is 0.111. The second kappa shape index (κ2) is 4.68. The zero-order valence-corrected chi connectivity index (χ0v) is 10.5. The van der Waals surface area contributed by atoms with Crippen LogP contribution in [0.2, 0.25) is 5.02 Å². The number of hydrogen-bond donors (Lipinski definition) is 2. The van der Waals surface area contributed by atoms with Gasteiger partial charge in [-0.2, -0.15) is 0 Å². The Balaban J connectivity index is 2.20. The Morgan fingerprint density at radius 1 is 1.59 bits per heavy atom. The average molecular weight is 269 g/mol. The van der Waals surface area contributed by atoms with Crippen LogP contribution in [0.5, 0.6) is 0 Å². The van der Waals surface area contributed by atoms with Crippen molar-refractivity contribution in [2.75, 3.05) is 11.1 Å². The minimum atomic E-state index is -0.286. The van der Waals surface area contributed by atoms with Gasteiger partial charge in [0.2, 0.25) is 0 Å². The Hall–Kier alpha value is -1.66. The molecule has 0 aliphatic heterocycles. The molecule has 0 fully saturated rings. The fourth-order valence-corrected chi connectivity index (χ4v) is 2.16. The van der Waals surface area contributed by atoms with Gasteiger partial charge in [-0.15, -0.1) is 0 Å². The molecule has 0 bridgehead atoms. The van der Waals surface area contributed by atoms with Gasteiger partial charge in [-0.1, -0.05) is 22.9 Å². The molecule has 0 saturated carbocycles. The number of anilines is 2. The fourth-order valence-electron chi connectivity index (χ4n) is 1.27. The Morgan fingerprint density at radius 3 is 2.94 bits per heavy atom. The van der Waals surface area contributed by atoms with Gasteiger partial charge in [-0.05, 0) is 19.1 Å². The summed E-state index contributed by atoms with van der Waals surface area (Å²) in [5.41, 5.74) is 6.13. The third-order valence-corrected chi connectivity index (χ3v) is 3.20. The third kappa shape index (κ3) is 2.72. The smallest absolute Gasteiger partial charge is 0.268 e. The quantitative estimate of drug-likeness (QED) is 0.876. The highest BCUT2D eigenvalue weighted by Crippen LogP contribution is 2.21. The molecule has 0 unspecified atom stereocenters. The number of carbonyl (C=O) groups is 1. The lowest BCUT2D eigenvalue weighted by Gasteiger charge is -2.02. The number of nitrogen functional groups attached to an aromatic ring is 1. The monoisotopic (exact) mass is 268 g/mol. The molecule has 3 N–H and O–H groups in total. The molecule has 1 amide bonds. The van der Waals surface area contributed by atoms with Crippen molar-refractivity contribution in [1.82, 2.24) is 9.97 Å². The van der Waals surface area contributed by atoms with Crippen LogP contribution in [-0.4, -0.2) is 15.9 Å². The first-order valence-electron chi connectivity index (χ1n) is 4.72. The van der Waals surface area contributed by atoms with E-state index in [1.165, 1.54) is 6.20 Å². The topological polar surface area (TPSA) is 80.9 Å². The van der Waals surface area contributed by atoms with Gasteiger partial charge in [-0.3, -0.25) is 4.79 Å². The highest BCUT2D eigenvalue weighted by molar-refractivity contribution is 7.17. The van der Waals surface area contributed by atoms with Crippen molar-refractivity contribution in [2.45, 2.75) is 6.92 Å². The van der Waals surface area contributed by atoms with Crippen molar-refractivity contribution in [1.29, 1.82) is 0 Å². The van der Waals surface area contributed by atoms with Gasteiger partial charge < -0.3 is 11.1 Å². The van der Waals surface area contributed by atoms with Crippen molar-refractivity contribution in [3.63, 3.8) is 0 Å². The molecule has 0 radical (unpaired) electrons. The predicted octanol–water partition coefficient (Wildman–Crippen LogP) is 2.33. The molecule has 0 aromatic carbocycles. The summed E-state index contributed by atoms with van der Waals surface area (Å²) < 4.78 is 0. The van der Waals surface area contributed by atoms with E-state index < -0.39 is 0 Å². The van der Waals surface area contributed by atoms with E-state index in [4.69, 9.17) is 17.3 Å². The molecule has 2 heterocycles. The van der Waals surface area contributed by atoms with Gasteiger partial charge in [-0.25, -0.2) is 9.97 Å². The minimum absolute atomic E-state index is 0.286. The van der Waals surface area contributed by atoms with Crippen LogP contribution in [0.15, 0.2) is 18.3 Å². The van der Waals surface area contributed by atoms with Crippen LogP contribution >= 0.6 is 22.9 Å². The number of thiazole rings is 1.